The molecular weight excluding hydrogens is 421 g/mol. The molecule has 2 aromatic carbocycles. The van der Waals surface area contributed by atoms with E-state index in [0.29, 0.717) is 23.1 Å². The Morgan fingerprint density at radius 3 is 2.39 bits per heavy atom. The van der Waals surface area contributed by atoms with Crippen molar-refractivity contribution in [2.75, 3.05) is 6.61 Å². The molecule has 0 aliphatic heterocycles. The molecule has 0 saturated heterocycles. The molecule has 2 rings (SSSR count). The monoisotopic (exact) mass is 443 g/mol. The van der Waals surface area contributed by atoms with Crippen molar-refractivity contribution in [3.8, 4) is 5.75 Å². The molecule has 28 heavy (non-hydrogen) atoms. The van der Waals surface area contributed by atoms with Gasteiger partial charge >= 0.3 is 10.5 Å². The van der Waals surface area contributed by atoms with E-state index in [1.165, 1.54) is 5.56 Å². The fourth-order valence-electron chi connectivity index (χ4n) is 2.22. The van der Waals surface area contributed by atoms with Crippen molar-refractivity contribution >= 4 is 39.8 Å². The number of hydrogen-bond acceptors (Lipinski definition) is 5. The first-order chi connectivity index (χ1) is 13.3. The van der Waals surface area contributed by atoms with Crippen LogP contribution in [0.15, 0.2) is 48.5 Å². The summed E-state index contributed by atoms with van der Waals surface area (Å²) in [5, 5.41) is 11.1. The number of ether oxygens (including phenoxy) is 1. The van der Waals surface area contributed by atoms with Crippen LogP contribution >= 0.6 is 23.2 Å². The largest absolute Gasteiger partial charge is 0.491 e. The second kappa shape index (κ2) is 13.3. The Bertz CT molecular complexity index is 862. The lowest BCUT2D eigenvalue weighted by Gasteiger charge is -2.12. The van der Waals surface area contributed by atoms with Gasteiger partial charge in [0.2, 0.25) is 0 Å². The van der Waals surface area contributed by atoms with Crippen molar-refractivity contribution in [2.45, 2.75) is 32.3 Å². The number of rotatable bonds is 8. The molecular formula is C20H23Cl2NO4S. The molecule has 152 valence electrons. The third-order valence-electron chi connectivity index (χ3n) is 3.63. The Labute approximate surface area is 177 Å². The van der Waals surface area contributed by atoms with E-state index in [4.69, 9.17) is 41.1 Å². The van der Waals surface area contributed by atoms with Crippen LogP contribution in [0.4, 0.5) is 0 Å². The summed E-state index contributed by atoms with van der Waals surface area (Å²) in [7, 11) is -2.61. The summed E-state index contributed by atoms with van der Waals surface area (Å²) in [6, 6.07) is 13.4. The lowest BCUT2D eigenvalue weighted by molar-refractivity contribution is 0.0984. The van der Waals surface area contributed by atoms with Gasteiger partial charge in [0, 0.05) is 0 Å². The van der Waals surface area contributed by atoms with Gasteiger partial charge in [-0.25, -0.2) is 0 Å². The van der Waals surface area contributed by atoms with Gasteiger partial charge in [0.1, 0.15) is 12.4 Å². The average Bonchev–Trinajstić information content (AvgIpc) is 2.63. The van der Waals surface area contributed by atoms with Crippen LogP contribution in [0.25, 0.3) is 6.08 Å². The zero-order valence-corrected chi connectivity index (χ0v) is 17.8. The van der Waals surface area contributed by atoms with E-state index in [2.05, 4.69) is 6.08 Å². The summed E-state index contributed by atoms with van der Waals surface area (Å²) in [6.45, 7) is 2.35. The molecule has 0 aliphatic rings. The third kappa shape index (κ3) is 11.1. The lowest BCUT2D eigenvalue weighted by Crippen LogP contribution is -2.17. The minimum Gasteiger partial charge on any atom is -0.491 e. The van der Waals surface area contributed by atoms with Crippen LogP contribution in [-0.2, 0) is 10.5 Å². The fraction of sp³-hybridized carbons (Fsp3) is 0.300. The van der Waals surface area contributed by atoms with E-state index in [-0.39, 0.29) is 0 Å². The minimum atomic E-state index is -2.61. The number of aliphatic hydroxyl groups excluding tert-OH is 1. The van der Waals surface area contributed by atoms with Crippen LogP contribution in [0, 0.1) is 11.7 Å². The van der Waals surface area contributed by atoms with Crippen molar-refractivity contribution in [3.05, 3.63) is 69.7 Å². The summed E-state index contributed by atoms with van der Waals surface area (Å²) < 4.78 is 28.4. The first-order valence-electron chi connectivity index (χ1n) is 8.57. The van der Waals surface area contributed by atoms with Gasteiger partial charge in [-0.15, -0.1) is 0 Å². The molecule has 0 aromatic heterocycles. The number of allylic oxidation sites excluding steroid dienone is 1. The first-order valence-corrected chi connectivity index (χ1v) is 10.4. The van der Waals surface area contributed by atoms with Crippen LogP contribution in [0.2, 0.25) is 10.0 Å². The topological polar surface area (TPSA) is 87.4 Å². The second-order valence-electron chi connectivity index (χ2n) is 6.02. The molecule has 5 nitrogen and oxygen atoms in total. The molecule has 0 radical (unpaired) electrons. The van der Waals surface area contributed by atoms with Crippen molar-refractivity contribution in [2.24, 2.45) is 0 Å². The lowest BCUT2D eigenvalue weighted by atomic mass is 10.1. The molecule has 0 aliphatic carbocycles. The van der Waals surface area contributed by atoms with Crippen molar-refractivity contribution < 1.29 is 18.3 Å². The molecule has 0 fully saturated rings. The molecule has 0 heterocycles. The van der Waals surface area contributed by atoms with Gasteiger partial charge in [0.25, 0.3) is 0 Å². The fourth-order valence-corrected chi connectivity index (χ4v) is 2.52. The van der Waals surface area contributed by atoms with E-state index >= 15 is 0 Å². The molecule has 1 unspecified atom stereocenters. The van der Waals surface area contributed by atoms with Crippen molar-refractivity contribution in [1.82, 2.24) is 0 Å². The van der Waals surface area contributed by atoms with Crippen molar-refractivity contribution in [1.29, 1.82) is 4.78 Å². The number of unbranched alkanes of at least 4 members (excludes halogenated alkanes) is 1. The normalized spacial score (nSPS) is 11.6. The van der Waals surface area contributed by atoms with Gasteiger partial charge in [-0.1, -0.05) is 59.1 Å². The number of hydrogen-bond donors (Lipinski definition) is 2. The van der Waals surface area contributed by atoms with E-state index in [1.807, 2.05) is 49.4 Å². The Balaban J connectivity index is 0.000000892. The number of aryl methyl sites for hydroxylation is 1. The summed E-state index contributed by atoms with van der Waals surface area (Å²) >= 11 is 11.9. The molecule has 0 bridgehead atoms. The summed E-state index contributed by atoms with van der Waals surface area (Å²) in [5.74, 6) is 0.791. The SMILES string of the molecule is Cc1ccc(OCC(O)CCC/C=C/c2ccc(Cl)c(Cl)c2)cc1.N=S(=O)=O. The average molecular weight is 444 g/mol. The number of nitrogens with one attached hydrogen (secondary N) is 1. The molecule has 0 spiro atoms. The molecule has 2 N–H and O–H groups in total. The first kappa shape index (κ1) is 24.2. The predicted molar refractivity (Wildman–Crippen MR) is 114 cm³/mol. The zero-order valence-electron chi connectivity index (χ0n) is 15.4. The molecule has 0 amide bonds. The van der Waals surface area contributed by atoms with Gasteiger partial charge in [-0.3, -0.25) is 0 Å². The Kier molecular flexibility index (Phi) is 11.5. The van der Waals surface area contributed by atoms with Gasteiger partial charge < -0.3 is 9.84 Å². The highest BCUT2D eigenvalue weighted by molar-refractivity contribution is 7.60. The van der Waals surface area contributed by atoms with Gasteiger partial charge in [0.15, 0.2) is 0 Å². The predicted octanol–water partition coefficient (Wildman–Crippen LogP) is 5.55. The molecule has 0 saturated carbocycles. The maximum Gasteiger partial charge on any atom is 0.308 e. The van der Waals surface area contributed by atoms with Crippen LogP contribution in [-0.4, -0.2) is 26.2 Å². The van der Waals surface area contributed by atoms with Crippen LogP contribution in [0.3, 0.4) is 0 Å². The quantitative estimate of drug-likeness (QED) is 0.523. The maximum absolute atomic E-state index is 9.97. The van der Waals surface area contributed by atoms with Crippen LogP contribution < -0.4 is 4.74 Å². The number of aliphatic hydroxyl groups is 1. The Morgan fingerprint density at radius 2 is 1.79 bits per heavy atom. The van der Waals surface area contributed by atoms with Gasteiger partial charge in [-0.2, -0.15) is 13.2 Å². The van der Waals surface area contributed by atoms with E-state index in [1.54, 1.807) is 6.07 Å². The summed E-state index contributed by atoms with van der Waals surface area (Å²) in [4.78, 5) is 0. The Morgan fingerprint density at radius 1 is 1.14 bits per heavy atom. The van der Waals surface area contributed by atoms with Crippen LogP contribution in [0.5, 0.6) is 5.75 Å². The highest BCUT2D eigenvalue weighted by Gasteiger charge is 2.04. The highest BCUT2D eigenvalue weighted by atomic mass is 35.5. The van der Waals surface area contributed by atoms with Gasteiger partial charge in [0.05, 0.1) is 16.1 Å². The number of halogens is 2. The standard InChI is InChI=1S/C20H22Cl2O2.HNO2S/c1-15-7-10-18(11-8-15)24-14-17(23)6-4-2-3-5-16-9-12-19(21)20(22)13-16;1-4(2)3/h3,5,7-13,17,23H,2,4,6,14H2,1H3;1H/b5-3+;. The van der Waals surface area contributed by atoms with E-state index < -0.39 is 16.6 Å². The highest BCUT2D eigenvalue weighted by Crippen LogP contribution is 2.23. The zero-order chi connectivity index (χ0) is 20.9. The van der Waals surface area contributed by atoms with Crippen LogP contribution in [0.1, 0.15) is 30.4 Å². The van der Waals surface area contributed by atoms with E-state index in [0.717, 1.165) is 24.2 Å². The van der Waals surface area contributed by atoms with Gasteiger partial charge in [-0.05, 0) is 56.0 Å². The summed E-state index contributed by atoms with van der Waals surface area (Å²) in [6.07, 6.45) is 6.13. The number of benzene rings is 2. The van der Waals surface area contributed by atoms with E-state index in [9.17, 15) is 5.11 Å². The molecule has 1 atom stereocenters. The second-order valence-corrected chi connectivity index (χ2v) is 7.30. The maximum atomic E-state index is 9.97. The smallest absolute Gasteiger partial charge is 0.308 e. The molecule has 8 heteroatoms. The molecule has 2 aromatic rings. The minimum absolute atomic E-state index is 0.319. The Hall–Kier alpha value is -1.86. The summed E-state index contributed by atoms with van der Waals surface area (Å²) in [5.41, 5.74) is 2.21. The van der Waals surface area contributed by atoms with Crippen molar-refractivity contribution in [3.63, 3.8) is 0 Å². The third-order valence-corrected chi connectivity index (χ3v) is 4.36.